The van der Waals surface area contributed by atoms with Crippen LogP contribution in [0.2, 0.25) is 10.0 Å². The van der Waals surface area contributed by atoms with Crippen molar-refractivity contribution in [1.29, 1.82) is 0 Å². The van der Waals surface area contributed by atoms with E-state index in [1.165, 1.54) is 11.9 Å². The van der Waals surface area contributed by atoms with E-state index in [2.05, 4.69) is 15.6 Å². The van der Waals surface area contributed by atoms with Crippen LogP contribution < -0.4 is 10.6 Å². The number of amides is 4. The van der Waals surface area contributed by atoms with Gasteiger partial charge in [-0.3, -0.25) is 14.6 Å². The molecular formula is C27H34Cl2N6O3S. The summed E-state index contributed by atoms with van der Waals surface area (Å²) in [6, 6.07) is 6.79. The quantitative estimate of drug-likeness (QED) is 0.488. The van der Waals surface area contributed by atoms with Crippen LogP contribution in [-0.4, -0.2) is 79.9 Å². The number of carbonyl (C=O) groups excluding carboxylic acids is 3. The first-order chi connectivity index (χ1) is 18.3. The molecule has 1 aromatic carbocycles. The Morgan fingerprint density at radius 2 is 1.90 bits per heavy atom. The summed E-state index contributed by atoms with van der Waals surface area (Å²) in [6.45, 7) is 10.1. The highest BCUT2D eigenvalue weighted by Crippen LogP contribution is 2.38. The number of rotatable bonds is 6. The molecule has 9 nitrogen and oxygen atoms in total. The van der Waals surface area contributed by atoms with Crippen LogP contribution in [0, 0.1) is 0 Å². The molecule has 3 unspecified atom stereocenters. The van der Waals surface area contributed by atoms with Crippen LogP contribution in [0.5, 0.6) is 0 Å². The van der Waals surface area contributed by atoms with Crippen molar-refractivity contribution >= 4 is 53.0 Å². The highest BCUT2D eigenvalue weighted by Gasteiger charge is 2.51. The van der Waals surface area contributed by atoms with Crippen LogP contribution in [0.25, 0.3) is 0 Å². The van der Waals surface area contributed by atoms with E-state index in [9.17, 15) is 14.4 Å². The third-order valence-electron chi connectivity index (χ3n) is 6.51. The molecule has 12 heteroatoms. The van der Waals surface area contributed by atoms with E-state index in [0.29, 0.717) is 23.0 Å². The Morgan fingerprint density at radius 1 is 1.15 bits per heavy atom. The monoisotopic (exact) mass is 592 g/mol. The van der Waals surface area contributed by atoms with Crippen molar-refractivity contribution in [3.63, 3.8) is 0 Å². The van der Waals surface area contributed by atoms with E-state index in [1.807, 2.05) is 62.0 Å². The molecule has 3 heterocycles. The molecule has 0 aliphatic carbocycles. The van der Waals surface area contributed by atoms with Gasteiger partial charge in [0, 0.05) is 46.9 Å². The maximum absolute atomic E-state index is 14.0. The molecule has 2 N–H and O–H groups in total. The number of hydrogen-bond donors (Lipinski definition) is 2. The number of nitrogens with one attached hydrogen (secondary N) is 2. The van der Waals surface area contributed by atoms with Crippen molar-refractivity contribution in [3.05, 3.63) is 58.3 Å². The van der Waals surface area contributed by atoms with Gasteiger partial charge in [-0.2, -0.15) is 0 Å². The summed E-state index contributed by atoms with van der Waals surface area (Å²) in [6.07, 6.45) is 3.24. The van der Waals surface area contributed by atoms with E-state index in [0.717, 1.165) is 10.5 Å². The summed E-state index contributed by atoms with van der Waals surface area (Å²) in [5, 5.41) is 6.69. The molecule has 2 aliphatic heterocycles. The van der Waals surface area contributed by atoms with Gasteiger partial charge in [0.25, 0.3) is 0 Å². The summed E-state index contributed by atoms with van der Waals surface area (Å²) < 4.78 is 2.02. The SMILES string of the molecule is CC(C)N1CC2N(Sc3ccc(Cl)cc3Cl)CC(NC(=O)NC(C)(C)C)C(=O)N2C(Cc2cccnc2)C1=O. The first-order valence-electron chi connectivity index (χ1n) is 12.8. The predicted octanol–water partition coefficient (Wildman–Crippen LogP) is 4.19. The number of aromatic nitrogens is 1. The zero-order chi connectivity index (χ0) is 28.5. The Morgan fingerprint density at radius 3 is 2.51 bits per heavy atom. The lowest BCUT2D eigenvalue weighted by atomic mass is 9.97. The Kier molecular flexibility index (Phi) is 9.00. The fourth-order valence-electron chi connectivity index (χ4n) is 4.77. The van der Waals surface area contributed by atoms with E-state index >= 15 is 0 Å². The van der Waals surface area contributed by atoms with Crippen LogP contribution in [0.1, 0.15) is 40.2 Å². The molecule has 1 aromatic heterocycles. The minimum absolute atomic E-state index is 0.0643. The Balaban J connectivity index is 1.73. The molecule has 0 bridgehead atoms. The van der Waals surface area contributed by atoms with Crippen molar-refractivity contribution in [2.75, 3.05) is 13.1 Å². The average molecular weight is 594 g/mol. The second kappa shape index (κ2) is 11.9. The molecule has 2 saturated heterocycles. The molecule has 4 amide bonds. The lowest BCUT2D eigenvalue weighted by Crippen LogP contribution is -2.75. The number of pyridine rings is 1. The normalized spacial score (nSPS) is 22.2. The number of benzene rings is 1. The summed E-state index contributed by atoms with van der Waals surface area (Å²) >= 11 is 14.0. The second-order valence-electron chi connectivity index (χ2n) is 11.1. The van der Waals surface area contributed by atoms with Gasteiger partial charge < -0.3 is 20.4 Å². The molecule has 2 aliphatic rings. The first kappa shape index (κ1) is 29.5. The number of piperazine rings is 1. The highest BCUT2D eigenvalue weighted by molar-refractivity contribution is 7.97. The van der Waals surface area contributed by atoms with E-state index in [4.69, 9.17) is 23.2 Å². The van der Waals surface area contributed by atoms with Gasteiger partial charge in [0.15, 0.2) is 0 Å². The maximum atomic E-state index is 14.0. The van der Waals surface area contributed by atoms with Crippen molar-refractivity contribution in [1.82, 2.24) is 29.7 Å². The van der Waals surface area contributed by atoms with Gasteiger partial charge in [0.1, 0.15) is 18.2 Å². The topological polar surface area (TPSA) is 97.9 Å². The standard InChI is InChI=1S/C27H34Cl2N6O3S/c1-16(2)33-15-23-34(39-22-9-8-18(28)12-19(22)29)14-20(31-26(38)32-27(3,4)5)24(36)35(23)21(25(33)37)11-17-7-6-10-30-13-17/h6-10,12-13,16,20-21,23H,11,14-15H2,1-5H3,(H2,31,32,38). The molecular weight excluding hydrogens is 559 g/mol. The van der Waals surface area contributed by atoms with Gasteiger partial charge in [-0.1, -0.05) is 29.3 Å². The van der Waals surface area contributed by atoms with Crippen LogP contribution in [-0.2, 0) is 16.0 Å². The summed E-state index contributed by atoms with van der Waals surface area (Å²) in [4.78, 5) is 49.0. The number of nitrogens with zero attached hydrogens (tertiary/aromatic N) is 4. The molecule has 210 valence electrons. The number of carbonyl (C=O) groups is 3. The van der Waals surface area contributed by atoms with Crippen molar-refractivity contribution in [2.45, 2.75) is 75.8 Å². The van der Waals surface area contributed by atoms with Crippen LogP contribution in [0.3, 0.4) is 0 Å². The average Bonchev–Trinajstić information content (AvgIpc) is 2.84. The van der Waals surface area contributed by atoms with Gasteiger partial charge in [-0.05, 0) is 76.4 Å². The zero-order valence-corrected chi connectivity index (χ0v) is 25.0. The minimum Gasteiger partial charge on any atom is -0.335 e. The summed E-state index contributed by atoms with van der Waals surface area (Å²) in [5.41, 5.74) is 0.352. The van der Waals surface area contributed by atoms with Crippen LogP contribution in [0.4, 0.5) is 4.79 Å². The molecule has 0 saturated carbocycles. The fourth-order valence-corrected chi connectivity index (χ4v) is 6.32. The van der Waals surface area contributed by atoms with Crippen LogP contribution >= 0.6 is 35.1 Å². The van der Waals surface area contributed by atoms with E-state index in [1.54, 1.807) is 29.4 Å². The minimum atomic E-state index is -0.878. The van der Waals surface area contributed by atoms with Crippen molar-refractivity contribution < 1.29 is 14.4 Å². The zero-order valence-electron chi connectivity index (χ0n) is 22.6. The first-order valence-corrected chi connectivity index (χ1v) is 14.4. The maximum Gasteiger partial charge on any atom is 0.315 e. The molecule has 2 aromatic rings. The third-order valence-corrected chi connectivity index (χ3v) is 8.35. The Hall–Kier alpha value is -2.53. The molecule has 2 fully saturated rings. The molecule has 4 rings (SSSR count). The largest absolute Gasteiger partial charge is 0.335 e. The van der Waals surface area contributed by atoms with Gasteiger partial charge in [0.2, 0.25) is 11.8 Å². The molecule has 3 atom stereocenters. The number of fused-ring (bicyclic) bond motifs is 1. The molecule has 39 heavy (non-hydrogen) atoms. The van der Waals surface area contributed by atoms with E-state index in [-0.39, 0.29) is 24.4 Å². The number of halogens is 2. The molecule has 0 spiro atoms. The van der Waals surface area contributed by atoms with Crippen molar-refractivity contribution in [3.8, 4) is 0 Å². The fraction of sp³-hybridized carbons (Fsp3) is 0.481. The third kappa shape index (κ3) is 6.98. The smallest absolute Gasteiger partial charge is 0.315 e. The number of urea groups is 1. The Labute approximate surface area is 243 Å². The highest BCUT2D eigenvalue weighted by atomic mass is 35.5. The molecule has 0 radical (unpaired) electrons. The van der Waals surface area contributed by atoms with Gasteiger partial charge in [-0.25, -0.2) is 9.10 Å². The van der Waals surface area contributed by atoms with Gasteiger partial charge in [-0.15, -0.1) is 0 Å². The number of hydrogen-bond acceptors (Lipinski definition) is 6. The lowest BCUT2D eigenvalue weighted by Gasteiger charge is -2.54. The summed E-state index contributed by atoms with van der Waals surface area (Å²) in [7, 11) is 0. The second-order valence-corrected chi connectivity index (χ2v) is 13.0. The van der Waals surface area contributed by atoms with Gasteiger partial charge >= 0.3 is 6.03 Å². The van der Waals surface area contributed by atoms with Crippen LogP contribution in [0.15, 0.2) is 47.6 Å². The summed E-state index contributed by atoms with van der Waals surface area (Å²) in [5.74, 6) is -0.429. The Bertz CT molecular complexity index is 1230. The predicted molar refractivity (Wildman–Crippen MR) is 153 cm³/mol. The lowest BCUT2D eigenvalue weighted by molar-refractivity contribution is -0.168. The van der Waals surface area contributed by atoms with Gasteiger partial charge in [0.05, 0.1) is 11.6 Å². The van der Waals surface area contributed by atoms with Crippen molar-refractivity contribution in [2.24, 2.45) is 0 Å². The van der Waals surface area contributed by atoms with E-state index < -0.39 is 29.8 Å².